The molecule has 0 saturated heterocycles. The predicted octanol–water partition coefficient (Wildman–Crippen LogP) is 3.27. The highest BCUT2D eigenvalue weighted by molar-refractivity contribution is 5.97. The first-order chi connectivity index (χ1) is 12.5. The Hall–Kier alpha value is -3.08. The molecule has 4 rings (SSSR count). The highest BCUT2D eigenvalue weighted by atomic mass is 16.2. The zero-order chi connectivity index (χ0) is 18.3. The molecule has 132 valence electrons. The normalized spacial score (nSPS) is 13.1. The summed E-state index contributed by atoms with van der Waals surface area (Å²) in [5.41, 5.74) is 4.97. The first kappa shape index (κ1) is 16.4. The number of rotatable bonds is 3. The van der Waals surface area contributed by atoms with E-state index in [0.717, 1.165) is 39.8 Å². The highest BCUT2D eigenvalue weighted by Crippen LogP contribution is 2.30. The van der Waals surface area contributed by atoms with Crippen LogP contribution in [0.2, 0.25) is 0 Å². The maximum absolute atomic E-state index is 12.5. The molecular formula is C21H21N3O2. The number of aromatic nitrogens is 1. The van der Waals surface area contributed by atoms with E-state index in [1.165, 1.54) is 0 Å². The molecule has 3 aromatic rings. The summed E-state index contributed by atoms with van der Waals surface area (Å²) >= 11 is 0. The zero-order valence-corrected chi connectivity index (χ0v) is 15.0. The van der Waals surface area contributed by atoms with Gasteiger partial charge in [-0.05, 0) is 41.8 Å². The number of para-hydroxylation sites is 1. The van der Waals surface area contributed by atoms with E-state index in [1.807, 2.05) is 54.2 Å². The van der Waals surface area contributed by atoms with Crippen molar-refractivity contribution >= 4 is 34.1 Å². The van der Waals surface area contributed by atoms with Gasteiger partial charge in [0.25, 0.3) is 0 Å². The van der Waals surface area contributed by atoms with Crippen LogP contribution in [-0.4, -0.2) is 22.9 Å². The monoisotopic (exact) mass is 347 g/mol. The van der Waals surface area contributed by atoms with E-state index in [9.17, 15) is 9.59 Å². The molecule has 2 amide bonds. The van der Waals surface area contributed by atoms with Gasteiger partial charge in [0.05, 0.1) is 6.42 Å². The quantitative estimate of drug-likeness (QED) is 0.791. The third-order valence-electron chi connectivity index (χ3n) is 4.97. The van der Waals surface area contributed by atoms with Crippen molar-refractivity contribution in [1.82, 2.24) is 4.57 Å². The molecule has 1 aliphatic heterocycles. The molecule has 0 spiro atoms. The number of carbonyl (C=O) groups excluding carboxylic acids is 2. The van der Waals surface area contributed by atoms with E-state index < -0.39 is 0 Å². The van der Waals surface area contributed by atoms with Gasteiger partial charge in [0, 0.05) is 49.0 Å². The van der Waals surface area contributed by atoms with Crippen molar-refractivity contribution < 1.29 is 9.59 Å². The minimum absolute atomic E-state index is 0.0391. The van der Waals surface area contributed by atoms with Crippen LogP contribution < -0.4 is 10.2 Å². The van der Waals surface area contributed by atoms with Gasteiger partial charge in [-0.2, -0.15) is 0 Å². The van der Waals surface area contributed by atoms with Gasteiger partial charge in [-0.3, -0.25) is 9.59 Å². The van der Waals surface area contributed by atoms with Gasteiger partial charge < -0.3 is 14.8 Å². The van der Waals surface area contributed by atoms with E-state index >= 15 is 0 Å². The zero-order valence-electron chi connectivity index (χ0n) is 15.0. The molecule has 0 bridgehead atoms. The molecule has 0 saturated carbocycles. The molecule has 5 nitrogen and oxygen atoms in total. The number of carbonyl (C=O) groups is 2. The smallest absolute Gasteiger partial charge is 0.228 e. The average Bonchev–Trinajstić information content (AvgIpc) is 3.17. The molecule has 0 aliphatic carbocycles. The summed E-state index contributed by atoms with van der Waals surface area (Å²) in [4.78, 5) is 25.9. The lowest BCUT2D eigenvalue weighted by atomic mass is 10.1. The van der Waals surface area contributed by atoms with Crippen LogP contribution in [0.25, 0.3) is 10.9 Å². The van der Waals surface area contributed by atoms with E-state index in [4.69, 9.17) is 0 Å². The standard InChI is InChI=1S/C21H21N3O2/c1-14(25)24-10-9-15-11-17(7-8-19(15)24)22-21(26)12-16-13-23(2)20-6-4-3-5-18(16)20/h3-8,11,13H,9-10,12H2,1-2H3,(H,22,26). The Morgan fingerprint density at radius 3 is 2.77 bits per heavy atom. The Balaban J connectivity index is 1.51. The second kappa shape index (κ2) is 6.33. The fourth-order valence-electron chi connectivity index (χ4n) is 3.75. The summed E-state index contributed by atoms with van der Waals surface area (Å²) in [6.45, 7) is 2.28. The molecule has 5 heteroatoms. The number of anilines is 2. The summed E-state index contributed by atoms with van der Waals surface area (Å²) in [7, 11) is 1.99. The number of benzene rings is 2. The van der Waals surface area contributed by atoms with E-state index in [2.05, 4.69) is 11.4 Å². The second-order valence-electron chi connectivity index (χ2n) is 6.77. The van der Waals surface area contributed by atoms with Crippen molar-refractivity contribution in [2.24, 2.45) is 7.05 Å². The SMILES string of the molecule is CC(=O)N1CCc2cc(NC(=O)Cc3cn(C)c4ccccc34)ccc21. The maximum atomic E-state index is 12.5. The molecular weight excluding hydrogens is 326 g/mol. The Labute approximate surface area is 152 Å². The van der Waals surface area contributed by atoms with E-state index in [1.54, 1.807) is 11.8 Å². The molecule has 1 N–H and O–H groups in total. The van der Waals surface area contributed by atoms with Crippen LogP contribution in [0.4, 0.5) is 11.4 Å². The molecule has 26 heavy (non-hydrogen) atoms. The Bertz CT molecular complexity index is 1020. The van der Waals surface area contributed by atoms with Gasteiger partial charge in [-0.1, -0.05) is 18.2 Å². The van der Waals surface area contributed by atoms with Gasteiger partial charge in [-0.15, -0.1) is 0 Å². The summed E-state index contributed by atoms with van der Waals surface area (Å²) in [5.74, 6) is 0.0132. The molecule has 2 heterocycles. The first-order valence-electron chi connectivity index (χ1n) is 8.77. The lowest BCUT2D eigenvalue weighted by molar-refractivity contribution is -0.117. The number of nitrogens with zero attached hydrogens (tertiary/aromatic N) is 2. The molecule has 0 radical (unpaired) electrons. The van der Waals surface area contributed by atoms with Crippen LogP contribution in [0.15, 0.2) is 48.7 Å². The minimum atomic E-state index is -0.0391. The van der Waals surface area contributed by atoms with Crippen molar-refractivity contribution in [2.45, 2.75) is 19.8 Å². The Morgan fingerprint density at radius 2 is 1.96 bits per heavy atom. The predicted molar refractivity (Wildman–Crippen MR) is 103 cm³/mol. The van der Waals surface area contributed by atoms with Crippen LogP contribution in [0.3, 0.4) is 0 Å². The van der Waals surface area contributed by atoms with Crippen molar-refractivity contribution in [3.05, 3.63) is 59.8 Å². The van der Waals surface area contributed by atoms with Crippen LogP contribution in [0.1, 0.15) is 18.1 Å². The fourth-order valence-corrected chi connectivity index (χ4v) is 3.75. The van der Waals surface area contributed by atoms with Gasteiger partial charge >= 0.3 is 0 Å². The summed E-state index contributed by atoms with van der Waals surface area (Å²) in [6.07, 6.45) is 3.16. The topological polar surface area (TPSA) is 54.3 Å². The molecule has 1 aliphatic rings. The van der Waals surface area contributed by atoms with Gasteiger partial charge in [0.15, 0.2) is 0 Å². The largest absolute Gasteiger partial charge is 0.350 e. The first-order valence-corrected chi connectivity index (χ1v) is 8.77. The van der Waals surface area contributed by atoms with E-state index in [-0.39, 0.29) is 11.8 Å². The second-order valence-corrected chi connectivity index (χ2v) is 6.77. The van der Waals surface area contributed by atoms with Crippen LogP contribution in [-0.2, 0) is 29.5 Å². The summed E-state index contributed by atoms with van der Waals surface area (Å²) in [6, 6.07) is 13.8. The van der Waals surface area contributed by atoms with E-state index in [0.29, 0.717) is 13.0 Å². The van der Waals surface area contributed by atoms with Crippen molar-refractivity contribution in [2.75, 3.05) is 16.8 Å². The van der Waals surface area contributed by atoms with Gasteiger partial charge in [-0.25, -0.2) is 0 Å². The third kappa shape index (κ3) is 2.86. The Kier molecular flexibility index (Phi) is 3.99. The summed E-state index contributed by atoms with van der Waals surface area (Å²) < 4.78 is 2.05. The fraction of sp³-hybridized carbons (Fsp3) is 0.238. The average molecular weight is 347 g/mol. The summed E-state index contributed by atoms with van der Waals surface area (Å²) in [5, 5.41) is 4.09. The number of hydrogen-bond acceptors (Lipinski definition) is 2. The maximum Gasteiger partial charge on any atom is 0.228 e. The van der Waals surface area contributed by atoms with Crippen LogP contribution >= 0.6 is 0 Å². The number of nitrogens with one attached hydrogen (secondary N) is 1. The number of hydrogen-bond donors (Lipinski definition) is 1. The minimum Gasteiger partial charge on any atom is -0.350 e. The number of amides is 2. The highest BCUT2D eigenvalue weighted by Gasteiger charge is 2.22. The van der Waals surface area contributed by atoms with Gasteiger partial charge in [0.2, 0.25) is 11.8 Å². The number of fused-ring (bicyclic) bond motifs is 2. The molecule has 0 unspecified atom stereocenters. The van der Waals surface area contributed by atoms with Crippen LogP contribution in [0, 0.1) is 0 Å². The lowest BCUT2D eigenvalue weighted by Crippen LogP contribution is -2.25. The van der Waals surface area contributed by atoms with Crippen molar-refractivity contribution in [1.29, 1.82) is 0 Å². The van der Waals surface area contributed by atoms with Crippen molar-refractivity contribution in [3.8, 4) is 0 Å². The van der Waals surface area contributed by atoms with Crippen molar-refractivity contribution in [3.63, 3.8) is 0 Å². The molecule has 0 atom stereocenters. The lowest BCUT2D eigenvalue weighted by Gasteiger charge is -2.15. The number of aryl methyl sites for hydroxylation is 1. The van der Waals surface area contributed by atoms with Crippen LogP contribution in [0.5, 0.6) is 0 Å². The molecule has 0 fully saturated rings. The van der Waals surface area contributed by atoms with Gasteiger partial charge in [0.1, 0.15) is 0 Å². The Morgan fingerprint density at radius 1 is 1.15 bits per heavy atom. The third-order valence-corrected chi connectivity index (χ3v) is 4.97. The molecule has 2 aromatic carbocycles. The molecule has 1 aromatic heterocycles.